The fourth-order valence-corrected chi connectivity index (χ4v) is 3.11. The van der Waals surface area contributed by atoms with Gasteiger partial charge in [0.1, 0.15) is 11.4 Å². The van der Waals surface area contributed by atoms with E-state index in [9.17, 15) is 14.4 Å². The predicted octanol–water partition coefficient (Wildman–Crippen LogP) is 1.83. The van der Waals surface area contributed by atoms with Gasteiger partial charge in [-0.05, 0) is 36.8 Å². The number of nitrogens with one attached hydrogen (secondary N) is 1. The van der Waals surface area contributed by atoms with Crippen molar-refractivity contribution < 1.29 is 4.79 Å². The molecule has 30 heavy (non-hydrogen) atoms. The number of hydrogen-bond acceptors (Lipinski definition) is 6. The van der Waals surface area contributed by atoms with Gasteiger partial charge in [-0.2, -0.15) is 5.26 Å². The molecule has 3 N–H and O–H groups in total. The van der Waals surface area contributed by atoms with Crippen LogP contribution in [0.3, 0.4) is 0 Å². The maximum absolute atomic E-state index is 12.8. The van der Waals surface area contributed by atoms with Gasteiger partial charge in [0, 0.05) is 12.2 Å². The number of nitrogens with zero attached hydrogens (tertiary/aromatic N) is 3. The number of anilines is 2. The van der Waals surface area contributed by atoms with Crippen LogP contribution < -0.4 is 22.3 Å². The van der Waals surface area contributed by atoms with Crippen molar-refractivity contribution in [3.8, 4) is 6.07 Å². The lowest BCUT2D eigenvalue weighted by Gasteiger charge is -2.16. The van der Waals surface area contributed by atoms with Crippen LogP contribution in [0.2, 0.25) is 0 Å². The van der Waals surface area contributed by atoms with Gasteiger partial charge in [-0.1, -0.05) is 30.3 Å². The highest BCUT2D eigenvalue weighted by molar-refractivity contribution is 6.02. The highest BCUT2D eigenvalue weighted by atomic mass is 16.2. The molecule has 2 aromatic carbocycles. The van der Waals surface area contributed by atoms with Crippen LogP contribution in [-0.4, -0.2) is 21.5 Å². The summed E-state index contributed by atoms with van der Waals surface area (Å²) in [6, 6.07) is 17.8. The molecule has 3 rings (SSSR count). The first kappa shape index (κ1) is 20.6. The van der Waals surface area contributed by atoms with Crippen molar-refractivity contribution in [1.82, 2.24) is 9.13 Å². The van der Waals surface area contributed by atoms with E-state index in [1.54, 1.807) is 31.2 Å². The Morgan fingerprint density at radius 1 is 1.07 bits per heavy atom. The number of rotatable bonds is 7. The van der Waals surface area contributed by atoms with Crippen molar-refractivity contribution in [2.75, 3.05) is 17.6 Å². The van der Waals surface area contributed by atoms with E-state index in [2.05, 4.69) is 5.32 Å². The van der Waals surface area contributed by atoms with E-state index in [1.165, 1.54) is 4.57 Å². The molecule has 0 aliphatic rings. The summed E-state index contributed by atoms with van der Waals surface area (Å²) < 4.78 is 2.25. The van der Waals surface area contributed by atoms with Gasteiger partial charge in [0.15, 0.2) is 5.78 Å². The Morgan fingerprint density at radius 3 is 2.33 bits per heavy atom. The molecule has 152 valence electrons. The average Bonchev–Trinajstić information content (AvgIpc) is 2.76. The van der Waals surface area contributed by atoms with Crippen molar-refractivity contribution in [1.29, 1.82) is 5.26 Å². The molecule has 0 aliphatic heterocycles. The highest BCUT2D eigenvalue weighted by Crippen LogP contribution is 2.12. The summed E-state index contributed by atoms with van der Waals surface area (Å²) in [6.45, 7) is 1.75. The minimum atomic E-state index is -0.698. The lowest BCUT2D eigenvalue weighted by molar-refractivity contribution is 0.100. The van der Waals surface area contributed by atoms with Gasteiger partial charge in [-0.15, -0.1) is 0 Å². The molecular formula is C22H21N5O3. The molecule has 1 heterocycles. The number of ketones is 1. The fourth-order valence-electron chi connectivity index (χ4n) is 3.11. The Hall–Kier alpha value is -4.12. The molecule has 3 aromatic rings. The Morgan fingerprint density at radius 2 is 1.73 bits per heavy atom. The minimum Gasteiger partial charge on any atom is -0.384 e. The average molecular weight is 403 g/mol. The number of benzene rings is 2. The number of nitriles is 1. The number of aromatic nitrogens is 2. The van der Waals surface area contributed by atoms with Crippen molar-refractivity contribution >= 4 is 17.3 Å². The number of carbonyl (C=O) groups excluding carboxylic acids is 1. The predicted molar refractivity (Wildman–Crippen MR) is 115 cm³/mol. The summed E-state index contributed by atoms with van der Waals surface area (Å²) in [7, 11) is 0. The molecule has 0 unspecified atom stereocenters. The number of nitrogen functional groups attached to an aromatic ring is 1. The number of carbonyl (C=O) groups is 1. The second kappa shape index (κ2) is 8.92. The molecule has 0 fully saturated rings. The molecule has 0 bridgehead atoms. The molecule has 0 saturated heterocycles. The van der Waals surface area contributed by atoms with E-state index >= 15 is 0 Å². The molecule has 8 heteroatoms. The summed E-state index contributed by atoms with van der Waals surface area (Å²) >= 11 is 0. The van der Waals surface area contributed by atoms with Gasteiger partial charge >= 0.3 is 5.69 Å². The zero-order valence-electron chi connectivity index (χ0n) is 16.5. The second-order valence-electron chi connectivity index (χ2n) is 6.63. The Bertz CT molecular complexity index is 1220. The van der Waals surface area contributed by atoms with Crippen LogP contribution in [0.4, 0.5) is 11.5 Å². The summed E-state index contributed by atoms with van der Waals surface area (Å²) in [4.78, 5) is 38.4. The van der Waals surface area contributed by atoms with Gasteiger partial charge in [0.25, 0.3) is 5.56 Å². The number of Topliss-reactive ketones (excluding diaryl/α,β-unsaturated/α-hetero) is 1. The maximum Gasteiger partial charge on any atom is 0.332 e. The largest absolute Gasteiger partial charge is 0.384 e. The standard InChI is InChI=1S/C22H21N5O3/c1-2-26-21(29)19(18(28)13-25-17-10-8-15(12-23)9-11-17)20(24)27(22(26)30)14-16-6-4-3-5-7-16/h3-11,25H,2,13-14,24H2,1H3. The van der Waals surface area contributed by atoms with E-state index in [-0.39, 0.29) is 31.0 Å². The summed E-state index contributed by atoms with van der Waals surface area (Å²) in [5.41, 5.74) is 6.60. The third-order valence-corrected chi connectivity index (χ3v) is 4.71. The zero-order chi connectivity index (χ0) is 21.7. The number of nitrogens with two attached hydrogens (primary N) is 1. The van der Waals surface area contributed by atoms with E-state index in [0.717, 1.165) is 10.1 Å². The smallest absolute Gasteiger partial charge is 0.332 e. The van der Waals surface area contributed by atoms with Crippen LogP contribution >= 0.6 is 0 Å². The first-order chi connectivity index (χ1) is 14.5. The van der Waals surface area contributed by atoms with Crippen molar-refractivity contribution in [3.63, 3.8) is 0 Å². The molecule has 0 amide bonds. The van der Waals surface area contributed by atoms with Crippen LogP contribution in [0.1, 0.15) is 28.4 Å². The SMILES string of the molecule is CCn1c(=O)c(C(=O)CNc2ccc(C#N)cc2)c(N)n(Cc2ccccc2)c1=O. The summed E-state index contributed by atoms with van der Waals surface area (Å²) in [6.07, 6.45) is 0. The van der Waals surface area contributed by atoms with Crippen LogP contribution in [-0.2, 0) is 13.1 Å². The lowest BCUT2D eigenvalue weighted by Crippen LogP contribution is -2.44. The molecule has 8 nitrogen and oxygen atoms in total. The van der Waals surface area contributed by atoms with Crippen LogP contribution in [0, 0.1) is 11.3 Å². The van der Waals surface area contributed by atoms with E-state index < -0.39 is 17.0 Å². The molecular weight excluding hydrogens is 382 g/mol. The quantitative estimate of drug-likeness (QED) is 0.580. The van der Waals surface area contributed by atoms with Gasteiger partial charge in [0.05, 0.1) is 24.7 Å². The van der Waals surface area contributed by atoms with Crippen molar-refractivity contribution in [2.24, 2.45) is 0 Å². The zero-order valence-corrected chi connectivity index (χ0v) is 16.5. The summed E-state index contributed by atoms with van der Waals surface area (Å²) in [5, 5.41) is 11.8. The van der Waals surface area contributed by atoms with Crippen LogP contribution in [0.5, 0.6) is 0 Å². The maximum atomic E-state index is 12.8. The van der Waals surface area contributed by atoms with E-state index in [0.29, 0.717) is 11.3 Å². The molecule has 0 saturated carbocycles. The second-order valence-corrected chi connectivity index (χ2v) is 6.63. The fraction of sp³-hybridized carbons (Fsp3) is 0.182. The highest BCUT2D eigenvalue weighted by Gasteiger charge is 2.22. The van der Waals surface area contributed by atoms with E-state index in [1.807, 2.05) is 36.4 Å². The van der Waals surface area contributed by atoms with Crippen molar-refractivity contribution in [2.45, 2.75) is 20.0 Å². The third kappa shape index (κ3) is 4.15. The Balaban J connectivity index is 1.95. The van der Waals surface area contributed by atoms with Crippen LogP contribution in [0.25, 0.3) is 0 Å². The van der Waals surface area contributed by atoms with Crippen LogP contribution in [0.15, 0.2) is 64.2 Å². The first-order valence-corrected chi connectivity index (χ1v) is 9.40. The topological polar surface area (TPSA) is 123 Å². The molecule has 0 radical (unpaired) electrons. The molecule has 0 aliphatic carbocycles. The van der Waals surface area contributed by atoms with Gasteiger partial charge in [0.2, 0.25) is 0 Å². The normalized spacial score (nSPS) is 10.4. The van der Waals surface area contributed by atoms with Crippen molar-refractivity contribution in [3.05, 3.63) is 92.1 Å². The summed E-state index contributed by atoms with van der Waals surface area (Å²) in [5.74, 6) is -0.670. The van der Waals surface area contributed by atoms with Gasteiger partial charge in [-0.3, -0.25) is 18.7 Å². The lowest BCUT2D eigenvalue weighted by atomic mass is 10.1. The monoisotopic (exact) mass is 403 g/mol. The minimum absolute atomic E-state index is 0.121. The Kier molecular flexibility index (Phi) is 6.13. The molecule has 1 aromatic heterocycles. The van der Waals surface area contributed by atoms with E-state index in [4.69, 9.17) is 11.0 Å². The van der Waals surface area contributed by atoms with Gasteiger partial charge < -0.3 is 11.1 Å². The third-order valence-electron chi connectivity index (χ3n) is 4.71. The first-order valence-electron chi connectivity index (χ1n) is 9.40. The van der Waals surface area contributed by atoms with Gasteiger partial charge in [-0.25, -0.2) is 4.79 Å². The Labute approximate surface area is 172 Å². The number of hydrogen-bond donors (Lipinski definition) is 2. The molecule has 0 atom stereocenters. The molecule has 0 spiro atoms.